The molecule has 1 saturated heterocycles. The third kappa shape index (κ3) is 3.63. The first-order valence-corrected chi connectivity index (χ1v) is 8.53. The normalized spacial score (nSPS) is 21.1. The summed E-state index contributed by atoms with van der Waals surface area (Å²) in [6.07, 6.45) is -0.264. The molecule has 8 heteroatoms. The molecule has 0 aliphatic carbocycles. The Morgan fingerprint density at radius 1 is 1.35 bits per heavy atom. The maximum atomic E-state index is 12.4. The topological polar surface area (TPSA) is 72.6 Å². The van der Waals surface area contributed by atoms with E-state index in [0.717, 1.165) is 0 Å². The monoisotopic (exact) mass is 338 g/mol. The van der Waals surface area contributed by atoms with Crippen molar-refractivity contribution in [3.05, 3.63) is 33.8 Å². The molecule has 1 aliphatic rings. The van der Waals surface area contributed by atoms with Crippen molar-refractivity contribution >= 4 is 33.2 Å². The molecule has 2 N–H and O–H groups in total. The van der Waals surface area contributed by atoms with Crippen molar-refractivity contribution < 1.29 is 13.2 Å². The van der Waals surface area contributed by atoms with Crippen molar-refractivity contribution in [2.24, 2.45) is 5.73 Å². The Hall–Kier alpha value is -0.370. The average Bonchev–Trinajstić information content (AvgIpc) is 2.43. The Morgan fingerprint density at radius 2 is 2.00 bits per heavy atom. The summed E-state index contributed by atoms with van der Waals surface area (Å²) in [6, 6.07) is 4.93. The van der Waals surface area contributed by atoms with E-state index in [1.54, 1.807) is 18.2 Å². The molecule has 1 atom stereocenters. The number of benzene rings is 1. The predicted octanol–water partition coefficient (Wildman–Crippen LogP) is 1.48. The number of nitrogens with two attached hydrogens (primary N) is 1. The number of sulfonamides is 1. The van der Waals surface area contributed by atoms with E-state index in [2.05, 4.69) is 0 Å². The highest BCUT2D eigenvalue weighted by Gasteiger charge is 2.30. The number of hydrogen-bond acceptors (Lipinski definition) is 4. The fourth-order valence-electron chi connectivity index (χ4n) is 2.03. The van der Waals surface area contributed by atoms with Gasteiger partial charge in [0.2, 0.25) is 10.0 Å². The van der Waals surface area contributed by atoms with Crippen LogP contribution in [0.4, 0.5) is 0 Å². The van der Waals surface area contributed by atoms with Crippen molar-refractivity contribution in [2.45, 2.75) is 11.9 Å². The number of hydrogen-bond donors (Lipinski definition) is 1. The van der Waals surface area contributed by atoms with Gasteiger partial charge in [0, 0.05) is 35.2 Å². The summed E-state index contributed by atoms with van der Waals surface area (Å²) in [7, 11) is -3.50. The molecule has 0 spiro atoms. The minimum atomic E-state index is -3.50. The first kappa shape index (κ1) is 16.0. The van der Waals surface area contributed by atoms with Gasteiger partial charge in [0.25, 0.3) is 0 Å². The van der Waals surface area contributed by atoms with Gasteiger partial charge < -0.3 is 10.5 Å². The van der Waals surface area contributed by atoms with Crippen molar-refractivity contribution in [2.75, 3.05) is 26.2 Å². The molecular weight excluding hydrogens is 323 g/mol. The van der Waals surface area contributed by atoms with E-state index >= 15 is 0 Å². The van der Waals surface area contributed by atoms with Gasteiger partial charge >= 0.3 is 0 Å². The van der Waals surface area contributed by atoms with Gasteiger partial charge in [-0.15, -0.1) is 0 Å². The highest BCUT2D eigenvalue weighted by atomic mass is 35.5. The molecule has 1 unspecified atom stereocenters. The molecule has 1 fully saturated rings. The smallest absolute Gasteiger partial charge is 0.218 e. The lowest BCUT2D eigenvalue weighted by Crippen LogP contribution is -2.48. The van der Waals surface area contributed by atoms with E-state index in [1.165, 1.54) is 4.31 Å². The predicted molar refractivity (Wildman–Crippen MR) is 79.5 cm³/mol. The molecular formula is C12H16Cl2N2O3S. The zero-order valence-electron chi connectivity index (χ0n) is 10.8. The van der Waals surface area contributed by atoms with Crippen LogP contribution >= 0.6 is 23.2 Å². The highest BCUT2D eigenvalue weighted by Crippen LogP contribution is 2.27. The van der Waals surface area contributed by atoms with Gasteiger partial charge in [-0.1, -0.05) is 29.3 Å². The Kier molecular flexibility index (Phi) is 5.28. The maximum absolute atomic E-state index is 12.4. The second kappa shape index (κ2) is 6.60. The van der Waals surface area contributed by atoms with E-state index < -0.39 is 10.0 Å². The number of morpholine rings is 1. The summed E-state index contributed by atoms with van der Waals surface area (Å²) in [6.45, 7) is 1.22. The van der Waals surface area contributed by atoms with Gasteiger partial charge in [0.15, 0.2) is 0 Å². The molecule has 0 amide bonds. The molecule has 1 heterocycles. The molecule has 0 aromatic heterocycles. The van der Waals surface area contributed by atoms with E-state index in [4.69, 9.17) is 33.7 Å². The fraction of sp³-hybridized carbons (Fsp3) is 0.500. The van der Waals surface area contributed by atoms with Crippen LogP contribution in [-0.2, 0) is 20.5 Å². The highest BCUT2D eigenvalue weighted by molar-refractivity contribution is 7.88. The second-order valence-corrected chi connectivity index (χ2v) is 7.33. The van der Waals surface area contributed by atoms with Gasteiger partial charge in [0.05, 0.1) is 18.5 Å². The molecule has 20 heavy (non-hydrogen) atoms. The summed E-state index contributed by atoms with van der Waals surface area (Å²) >= 11 is 12.0. The van der Waals surface area contributed by atoms with Crippen LogP contribution in [-0.4, -0.2) is 45.1 Å². The van der Waals surface area contributed by atoms with Crippen LogP contribution in [0.1, 0.15) is 5.56 Å². The molecule has 0 saturated carbocycles. The Balaban J connectivity index is 2.19. The van der Waals surface area contributed by atoms with Gasteiger partial charge in [-0.2, -0.15) is 4.31 Å². The van der Waals surface area contributed by atoms with E-state index in [0.29, 0.717) is 35.3 Å². The van der Waals surface area contributed by atoms with Gasteiger partial charge in [-0.05, 0) is 12.1 Å². The van der Waals surface area contributed by atoms with Crippen molar-refractivity contribution in [1.29, 1.82) is 0 Å². The van der Waals surface area contributed by atoms with Crippen molar-refractivity contribution in [3.63, 3.8) is 0 Å². The van der Waals surface area contributed by atoms with Crippen LogP contribution < -0.4 is 5.73 Å². The summed E-state index contributed by atoms with van der Waals surface area (Å²) in [5, 5.41) is 0.703. The van der Waals surface area contributed by atoms with Gasteiger partial charge in [0.1, 0.15) is 0 Å². The third-order valence-corrected chi connectivity index (χ3v) is 5.63. The Morgan fingerprint density at radius 3 is 2.60 bits per heavy atom. The molecule has 1 aromatic carbocycles. The van der Waals surface area contributed by atoms with Crippen molar-refractivity contribution in [3.8, 4) is 0 Å². The summed E-state index contributed by atoms with van der Waals surface area (Å²) < 4.78 is 31.6. The molecule has 1 aliphatic heterocycles. The first-order chi connectivity index (χ1) is 9.44. The van der Waals surface area contributed by atoms with Crippen LogP contribution in [0.25, 0.3) is 0 Å². The van der Waals surface area contributed by atoms with E-state index in [9.17, 15) is 8.42 Å². The van der Waals surface area contributed by atoms with Crippen LogP contribution in [0.2, 0.25) is 10.0 Å². The van der Waals surface area contributed by atoms with E-state index in [-0.39, 0.29) is 18.4 Å². The van der Waals surface area contributed by atoms with Gasteiger partial charge in [-0.3, -0.25) is 0 Å². The first-order valence-electron chi connectivity index (χ1n) is 6.16. The lowest BCUT2D eigenvalue weighted by atomic mass is 10.2. The number of halogens is 2. The quantitative estimate of drug-likeness (QED) is 0.902. The SMILES string of the molecule is NCC1CN(S(=O)(=O)Cc2c(Cl)cccc2Cl)CCO1. The molecule has 2 rings (SSSR count). The summed E-state index contributed by atoms with van der Waals surface area (Å²) in [5.74, 6) is -0.219. The largest absolute Gasteiger partial charge is 0.374 e. The van der Waals surface area contributed by atoms with Crippen LogP contribution in [0.3, 0.4) is 0 Å². The minimum Gasteiger partial charge on any atom is -0.374 e. The van der Waals surface area contributed by atoms with Gasteiger partial charge in [-0.25, -0.2) is 8.42 Å². The standard InChI is InChI=1S/C12H16Cl2N2O3S/c13-11-2-1-3-12(14)10(11)8-20(17,18)16-4-5-19-9(6-15)7-16/h1-3,9H,4-8,15H2. The number of ether oxygens (including phenoxy) is 1. The molecule has 0 radical (unpaired) electrons. The van der Waals surface area contributed by atoms with Crippen LogP contribution in [0.15, 0.2) is 18.2 Å². The third-order valence-electron chi connectivity index (χ3n) is 3.15. The molecule has 5 nitrogen and oxygen atoms in total. The average molecular weight is 339 g/mol. The Labute approximate surface area is 128 Å². The summed E-state index contributed by atoms with van der Waals surface area (Å²) in [5.41, 5.74) is 5.94. The van der Waals surface area contributed by atoms with Crippen LogP contribution in [0, 0.1) is 0 Å². The lowest BCUT2D eigenvalue weighted by Gasteiger charge is -2.31. The molecule has 0 bridgehead atoms. The minimum absolute atomic E-state index is 0.219. The zero-order chi connectivity index (χ0) is 14.8. The lowest BCUT2D eigenvalue weighted by molar-refractivity contribution is 0.00446. The zero-order valence-corrected chi connectivity index (χ0v) is 13.1. The fourth-order valence-corrected chi connectivity index (χ4v) is 4.33. The molecule has 1 aromatic rings. The van der Waals surface area contributed by atoms with Crippen LogP contribution in [0.5, 0.6) is 0 Å². The Bertz CT molecular complexity index is 560. The second-order valence-electron chi connectivity index (χ2n) is 4.54. The maximum Gasteiger partial charge on any atom is 0.218 e. The summed E-state index contributed by atoms with van der Waals surface area (Å²) in [4.78, 5) is 0. The van der Waals surface area contributed by atoms with Crippen molar-refractivity contribution in [1.82, 2.24) is 4.31 Å². The van der Waals surface area contributed by atoms with E-state index in [1.807, 2.05) is 0 Å². The number of nitrogens with zero attached hydrogens (tertiary/aromatic N) is 1. The number of rotatable bonds is 4. The molecule has 112 valence electrons.